The molecule has 0 bridgehead atoms. The summed E-state index contributed by atoms with van der Waals surface area (Å²) in [5.41, 5.74) is 0.992. The van der Waals surface area contributed by atoms with Crippen LogP contribution in [0.15, 0.2) is 30.3 Å². The summed E-state index contributed by atoms with van der Waals surface area (Å²) < 4.78 is 5.74. The number of ether oxygens (including phenoxy) is 1. The molecule has 0 aliphatic carbocycles. The molecule has 1 fully saturated rings. The van der Waals surface area contributed by atoms with Gasteiger partial charge in [0.05, 0.1) is 5.60 Å². The first-order valence-electron chi connectivity index (χ1n) is 7.29. The summed E-state index contributed by atoms with van der Waals surface area (Å²) in [7, 11) is 0. The van der Waals surface area contributed by atoms with Gasteiger partial charge in [-0.05, 0) is 18.9 Å². The summed E-state index contributed by atoms with van der Waals surface area (Å²) >= 11 is 0. The molecule has 1 aromatic carbocycles. The summed E-state index contributed by atoms with van der Waals surface area (Å²) in [4.78, 5) is 14.2. The minimum atomic E-state index is -0.166. The molecule has 1 N–H and O–H groups in total. The third-order valence-electron chi connectivity index (χ3n) is 3.60. The molecule has 0 radical (unpaired) electrons. The van der Waals surface area contributed by atoms with Crippen molar-refractivity contribution in [1.82, 2.24) is 10.2 Å². The highest BCUT2D eigenvalue weighted by Crippen LogP contribution is 2.15. The minimum Gasteiger partial charge on any atom is -0.363 e. The highest BCUT2D eigenvalue weighted by atomic mass is 16.5. The van der Waals surface area contributed by atoms with Crippen LogP contribution in [-0.4, -0.2) is 42.6 Å². The van der Waals surface area contributed by atoms with E-state index >= 15 is 0 Å². The van der Waals surface area contributed by atoms with E-state index in [1.54, 1.807) is 0 Å². The molecule has 110 valence electrons. The number of hydrogen-bond acceptors (Lipinski definition) is 3. The predicted octanol–water partition coefficient (Wildman–Crippen LogP) is 1.80. The smallest absolute Gasteiger partial charge is 0.248 e. The van der Waals surface area contributed by atoms with Crippen molar-refractivity contribution in [1.29, 1.82) is 0 Å². The van der Waals surface area contributed by atoms with Crippen molar-refractivity contribution in [3.8, 4) is 0 Å². The maximum Gasteiger partial charge on any atom is 0.248 e. The second kappa shape index (κ2) is 6.86. The van der Waals surface area contributed by atoms with Crippen molar-refractivity contribution in [3.05, 3.63) is 35.9 Å². The first-order chi connectivity index (χ1) is 9.63. The monoisotopic (exact) mass is 276 g/mol. The zero-order valence-electron chi connectivity index (χ0n) is 12.4. The predicted molar refractivity (Wildman–Crippen MR) is 79.4 cm³/mol. The van der Waals surface area contributed by atoms with Crippen LogP contribution in [0, 0.1) is 0 Å². The third-order valence-corrected chi connectivity index (χ3v) is 3.60. The van der Waals surface area contributed by atoms with Crippen LogP contribution in [0.3, 0.4) is 0 Å². The molecule has 1 heterocycles. The summed E-state index contributed by atoms with van der Waals surface area (Å²) in [5, 5.41) is 3.17. The number of nitrogens with zero attached hydrogens (tertiary/aromatic N) is 1. The Balaban J connectivity index is 1.88. The largest absolute Gasteiger partial charge is 0.363 e. The normalized spacial score (nSPS) is 16.5. The quantitative estimate of drug-likeness (QED) is 0.826. The van der Waals surface area contributed by atoms with Gasteiger partial charge in [0, 0.05) is 26.2 Å². The van der Waals surface area contributed by atoms with Crippen LogP contribution < -0.4 is 5.32 Å². The second-order valence-electron chi connectivity index (χ2n) is 5.64. The van der Waals surface area contributed by atoms with E-state index in [1.165, 1.54) is 0 Å². The van der Waals surface area contributed by atoms with Gasteiger partial charge in [-0.2, -0.15) is 0 Å². The Morgan fingerprint density at radius 3 is 2.60 bits per heavy atom. The number of rotatable bonds is 7. The molecule has 0 saturated carbocycles. The molecule has 4 heteroatoms. The Bertz CT molecular complexity index is 429. The molecule has 2 rings (SSSR count). The van der Waals surface area contributed by atoms with Gasteiger partial charge in [0.25, 0.3) is 0 Å². The van der Waals surface area contributed by atoms with Crippen LogP contribution in [0.1, 0.15) is 25.8 Å². The molecule has 20 heavy (non-hydrogen) atoms. The number of carbonyl (C=O) groups excluding carboxylic acids is 1. The van der Waals surface area contributed by atoms with Gasteiger partial charge in [-0.3, -0.25) is 4.79 Å². The van der Waals surface area contributed by atoms with Gasteiger partial charge in [-0.1, -0.05) is 37.3 Å². The first-order valence-corrected chi connectivity index (χ1v) is 7.29. The van der Waals surface area contributed by atoms with Crippen molar-refractivity contribution in [2.24, 2.45) is 0 Å². The lowest BCUT2D eigenvalue weighted by molar-refractivity contribution is -0.146. The lowest BCUT2D eigenvalue weighted by atomic mass is 10.0. The molecule has 1 amide bonds. The van der Waals surface area contributed by atoms with Gasteiger partial charge >= 0.3 is 0 Å². The molecule has 1 saturated heterocycles. The van der Waals surface area contributed by atoms with Crippen LogP contribution in [0.5, 0.6) is 0 Å². The Morgan fingerprint density at radius 1 is 1.35 bits per heavy atom. The number of nitrogens with one attached hydrogen (secondary N) is 1. The van der Waals surface area contributed by atoms with Gasteiger partial charge in [-0.15, -0.1) is 0 Å². The molecular weight excluding hydrogens is 252 g/mol. The highest BCUT2D eigenvalue weighted by Gasteiger charge is 2.33. The molecule has 0 unspecified atom stereocenters. The molecule has 4 nitrogen and oxygen atoms in total. The maximum atomic E-state index is 12.3. The summed E-state index contributed by atoms with van der Waals surface area (Å²) in [6.45, 7) is 7.38. The van der Waals surface area contributed by atoms with Crippen LogP contribution in [-0.2, 0) is 16.1 Å². The summed E-state index contributed by atoms with van der Waals surface area (Å²) in [6.07, 6.45) is 0.956. The Kier molecular flexibility index (Phi) is 5.15. The maximum absolute atomic E-state index is 12.3. The van der Waals surface area contributed by atoms with E-state index in [-0.39, 0.29) is 18.1 Å². The Labute approximate surface area is 121 Å². The van der Waals surface area contributed by atoms with E-state index in [9.17, 15) is 4.79 Å². The van der Waals surface area contributed by atoms with E-state index in [0.29, 0.717) is 6.54 Å². The van der Waals surface area contributed by atoms with Crippen molar-refractivity contribution in [3.63, 3.8) is 0 Å². The average molecular weight is 276 g/mol. The van der Waals surface area contributed by atoms with Gasteiger partial charge in [0.1, 0.15) is 6.61 Å². The average Bonchev–Trinajstić information content (AvgIpc) is 2.43. The van der Waals surface area contributed by atoms with E-state index in [0.717, 1.165) is 31.6 Å². The zero-order valence-corrected chi connectivity index (χ0v) is 12.4. The van der Waals surface area contributed by atoms with Gasteiger partial charge < -0.3 is 15.0 Å². The summed E-state index contributed by atoms with van der Waals surface area (Å²) in [6, 6.07) is 10.1. The third kappa shape index (κ3) is 4.05. The zero-order chi connectivity index (χ0) is 14.4. The van der Waals surface area contributed by atoms with E-state index in [4.69, 9.17) is 4.74 Å². The number of benzene rings is 1. The minimum absolute atomic E-state index is 0.0730. The van der Waals surface area contributed by atoms with Gasteiger partial charge in [0.2, 0.25) is 5.91 Å². The molecule has 1 aromatic rings. The second-order valence-corrected chi connectivity index (χ2v) is 5.64. The highest BCUT2D eigenvalue weighted by molar-refractivity contribution is 5.77. The van der Waals surface area contributed by atoms with E-state index in [1.807, 2.05) is 42.2 Å². The van der Waals surface area contributed by atoms with Crippen LogP contribution in [0.25, 0.3) is 0 Å². The molecule has 1 aliphatic heterocycles. The standard InChI is InChI=1S/C16H24N2O2/c1-3-9-18(10-14-7-5-4-6-8-14)15(19)11-20-16(2)12-17-13-16/h4-8,17H,3,9-13H2,1-2H3. The topological polar surface area (TPSA) is 41.6 Å². The fraction of sp³-hybridized carbons (Fsp3) is 0.562. The molecule has 0 spiro atoms. The lowest BCUT2D eigenvalue weighted by Crippen LogP contribution is -2.59. The fourth-order valence-corrected chi connectivity index (χ4v) is 2.27. The van der Waals surface area contributed by atoms with E-state index < -0.39 is 0 Å². The van der Waals surface area contributed by atoms with Gasteiger partial charge in [0.15, 0.2) is 0 Å². The lowest BCUT2D eigenvalue weighted by Gasteiger charge is -2.39. The number of carbonyl (C=O) groups is 1. The van der Waals surface area contributed by atoms with Gasteiger partial charge in [-0.25, -0.2) is 0 Å². The van der Waals surface area contributed by atoms with Crippen molar-refractivity contribution < 1.29 is 9.53 Å². The molecular formula is C16H24N2O2. The van der Waals surface area contributed by atoms with Crippen molar-refractivity contribution in [2.45, 2.75) is 32.4 Å². The Hall–Kier alpha value is -1.39. The number of amides is 1. The molecule has 1 aliphatic rings. The molecule has 0 atom stereocenters. The summed E-state index contributed by atoms with van der Waals surface area (Å²) in [5.74, 6) is 0.0730. The SMILES string of the molecule is CCCN(Cc1ccccc1)C(=O)COC1(C)CNC1. The fourth-order valence-electron chi connectivity index (χ4n) is 2.27. The first kappa shape index (κ1) is 15.0. The number of hydrogen-bond donors (Lipinski definition) is 1. The van der Waals surface area contributed by atoms with Crippen molar-refractivity contribution in [2.75, 3.05) is 26.2 Å². The van der Waals surface area contributed by atoms with Crippen LogP contribution in [0.2, 0.25) is 0 Å². The molecule has 0 aromatic heterocycles. The van der Waals surface area contributed by atoms with Crippen LogP contribution >= 0.6 is 0 Å². The van der Waals surface area contributed by atoms with E-state index in [2.05, 4.69) is 12.2 Å². The van der Waals surface area contributed by atoms with Crippen molar-refractivity contribution >= 4 is 5.91 Å². The Morgan fingerprint density at radius 2 is 2.05 bits per heavy atom. The van der Waals surface area contributed by atoms with Crippen LogP contribution in [0.4, 0.5) is 0 Å².